The molecule has 0 saturated carbocycles. The molecule has 0 saturated heterocycles. The van der Waals surface area contributed by atoms with Crippen molar-refractivity contribution < 1.29 is 5.11 Å². The SMILES string of the molecule is Cc1ccc2[nH]c(=O)c(CN(CCO)C(=S)NCC(C)C)cc2c1. The maximum absolute atomic E-state index is 12.3. The number of aryl methyl sites for hydroxylation is 1. The second-order valence-electron chi connectivity index (χ2n) is 6.44. The van der Waals surface area contributed by atoms with Gasteiger partial charge < -0.3 is 20.3 Å². The Morgan fingerprint density at radius 3 is 2.79 bits per heavy atom. The van der Waals surface area contributed by atoms with Gasteiger partial charge in [0.1, 0.15) is 0 Å². The predicted octanol–water partition coefficient (Wildman–Crippen LogP) is 2.16. The van der Waals surface area contributed by atoms with Crippen molar-refractivity contribution in [1.29, 1.82) is 0 Å². The molecule has 6 heteroatoms. The number of pyridine rings is 1. The van der Waals surface area contributed by atoms with Gasteiger partial charge in [-0.2, -0.15) is 0 Å². The highest BCUT2D eigenvalue weighted by atomic mass is 32.1. The molecule has 5 nitrogen and oxygen atoms in total. The first-order valence-corrected chi connectivity index (χ1v) is 8.57. The lowest BCUT2D eigenvalue weighted by molar-refractivity contribution is 0.245. The standard InChI is InChI=1S/C18H25N3O2S/c1-12(2)10-19-18(24)21(6-7-22)11-15-9-14-8-13(3)4-5-16(14)20-17(15)23/h4-5,8-9,12,22H,6-7,10-11H2,1-3H3,(H,19,24)(H,20,23). The fourth-order valence-electron chi connectivity index (χ4n) is 2.47. The van der Waals surface area contributed by atoms with Gasteiger partial charge in [-0.15, -0.1) is 0 Å². The molecule has 0 amide bonds. The van der Waals surface area contributed by atoms with Crippen LogP contribution < -0.4 is 10.9 Å². The number of aromatic amines is 1. The number of aliphatic hydroxyl groups is 1. The average molecular weight is 347 g/mol. The van der Waals surface area contributed by atoms with Crippen molar-refractivity contribution in [3.05, 3.63) is 45.7 Å². The van der Waals surface area contributed by atoms with Gasteiger partial charge in [-0.3, -0.25) is 4.79 Å². The lowest BCUT2D eigenvalue weighted by Gasteiger charge is -2.25. The van der Waals surface area contributed by atoms with Crippen LogP contribution in [0.4, 0.5) is 0 Å². The molecule has 3 N–H and O–H groups in total. The number of rotatable bonds is 6. The summed E-state index contributed by atoms with van der Waals surface area (Å²) in [5.74, 6) is 0.464. The molecule has 0 aliphatic heterocycles. The highest BCUT2D eigenvalue weighted by Gasteiger charge is 2.13. The maximum Gasteiger partial charge on any atom is 0.253 e. The normalized spacial score (nSPS) is 11.0. The fraction of sp³-hybridized carbons (Fsp3) is 0.444. The monoisotopic (exact) mass is 347 g/mol. The predicted molar refractivity (Wildman–Crippen MR) is 102 cm³/mol. The summed E-state index contributed by atoms with van der Waals surface area (Å²) in [5.41, 5.74) is 2.47. The quantitative estimate of drug-likeness (QED) is 0.699. The molecule has 2 rings (SSSR count). The molecule has 1 heterocycles. The summed E-state index contributed by atoms with van der Waals surface area (Å²) in [7, 11) is 0. The zero-order valence-electron chi connectivity index (χ0n) is 14.4. The minimum absolute atomic E-state index is 0.0197. The summed E-state index contributed by atoms with van der Waals surface area (Å²) in [6.45, 7) is 7.71. The van der Waals surface area contributed by atoms with Gasteiger partial charge in [-0.1, -0.05) is 25.5 Å². The average Bonchev–Trinajstić information content (AvgIpc) is 2.53. The molecule has 0 aliphatic rings. The van der Waals surface area contributed by atoms with E-state index < -0.39 is 0 Å². The zero-order valence-corrected chi connectivity index (χ0v) is 15.2. The molecule has 1 aromatic heterocycles. The second-order valence-corrected chi connectivity index (χ2v) is 6.83. The van der Waals surface area contributed by atoms with Crippen molar-refractivity contribution >= 4 is 28.2 Å². The van der Waals surface area contributed by atoms with Crippen molar-refractivity contribution in [3.63, 3.8) is 0 Å². The summed E-state index contributed by atoms with van der Waals surface area (Å²) >= 11 is 5.41. The van der Waals surface area contributed by atoms with Gasteiger partial charge in [0.15, 0.2) is 5.11 Å². The van der Waals surface area contributed by atoms with E-state index in [1.807, 2.05) is 36.1 Å². The molecular formula is C18H25N3O2S. The van der Waals surface area contributed by atoms with Crippen LogP contribution in [0.25, 0.3) is 10.9 Å². The van der Waals surface area contributed by atoms with Gasteiger partial charge in [-0.25, -0.2) is 0 Å². The minimum atomic E-state index is -0.124. The van der Waals surface area contributed by atoms with Crippen LogP contribution in [0.1, 0.15) is 25.0 Å². The van der Waals surface area contributed by atoms with Crippen molar-refractivity contribution in [2.24, 2.45) is 5.92 Å². The van der Waals surface area contributed by atoms with E-state index >= 15 is 0 Å². The molecule has 130 valence electrons. The van der Waals surface area contributed by atoms with Crippen LogP contribution in [0.3, 0.4) is 0 Å². The van der Waals surface area contributed by atoms with E-state index in [9.17, 15) is 9.90 Å². The molecule has 0 fully saturated rings. The van der Waals surface area contributed by atoms with Crippen LogP contribution in [0.15, 0.2) is 29.1 Å². The largest absolute Gasteiger partial charge is 0.395 e. The van der Waals surface area contributed by atoms with Gasteiger partial charge in [-0.05, 0) is 48.6 Å². The van der Waals surface area contributed by atoms with E-state index in [1.165, 1.54) is 0 Å². The summed E-state index contributed by atoms with van der Waals surface area (Å²) in [6, 6.07) is 7.83. The van der Waals surface area contributed by atoms with E-state index in [0.29, 0.717) is 29.7 Å². The smallest absolute Gasteiger partial charge is 0.253 e. The number of H-pyrrole nitrogens is 1. The first-order chi connectivity index (χ1) is 11.4. The molecule has 0 aliphatic carbocycles. The van der Waals surface area contributed by atoms with Gasteiger partial charge in [0, 0.05) is 24.2 Å². The Morgan fingerprint density at radius 1 is 1.38 bits per heavy atom. The molecule has 1 aromatic carbocycles. The topological polar surface area (TPSA) is 68.4 Å². The Balaban J connectivity index is 2.25. The zero-order chi connectivity index (χ0) is 17.7. The van der Waals surface area contributed by atoms with Crippen LogP contribution in [0.2, 0.25) is 0 Å². The molecule has 0 spiro atoms. The van der Waals surface area contributed by atoms with E-state index in [1.54, 1.807) is 0 Å². The Labute approximate surface area is 147 Å². The minimum Gasteiger partial charge on any atom is -0.395 e. The number of aliphatic hydroxyl groups excluding tert-OH is 1. The first-order valence-electron chi connectivity index (χ1n) is 8.17. The van der Waals surface area contributed by atoms with Crippen LogP contribution in [-0.4, -0.2) is 39.8 Å². The molecule has 0 radical (unpaired) electrons. The molecule has 0 atom stereocenters. The number of hydrogen-bond donors (Lipinski definition) is 3. The number of fused-ring (bicyclic) bond motifs is 1. The molecule has 2 aromatic rings. The summed E-state index contributed by atoms with van der Waals surface area (Å²) in [5, 5.41) is 14.0. The van der Waals surface area contributed by atoms with E-state index in [4.69, 9.17) is 12.2 Å². The van der Waals surface area contributed by atoms with Gasteiger partial charge in [0.2, 0.25) is 0 Å². The number of thiocarbonyl (C=S) groups is 1. The van der Waals surface area contributed by atoms with Crippen molar-refractivity contribution in [2.45, 2.75) is 27.3 Å². The number of nitrogens with zero attached hydrogens (tertiary/aromatic N) is 1. The third-order valence-electron chi connectivity index (χ3n) is 3.76. The number of nitrogens with one attached hydrogen (secondary N) is 2. The molecule has 24 heavy (non-hydrogen) atoms. The highest BCUT2D eigenvalue weighted by Crippen LogP contribution is 2.14. The number of aromatic nitrogens is 1. The van der Waals surface area contributed by atoms with Crippen LogP contribution in [0.5, 0.6) is 0 Å². The fourth-order valence-corrected chi connectivity index (χ4v) is 2.71. The third-order valence-corrected chi connectivity index (χ3v) is 4.16. The highest BCUT2D eigenvalue weighted by molar-refractivity contribution is 7.80. The van der Waals surface area contributed by atoms with Crippen LogP contribution >= 0.6 is 12.2 Å². The maximum atomic E-state index is 12.3. The Hall–Kier alpha value is -1.92. The first kappa shape index (κ1) is 18.4. The van der Waals surface area contributed by atoms with Gasteiger partial charge in [0.25, 0.3) is 5.56 Å². The summed E-state index contributed by atoms with van der Waals surface area (Å²) in [4.78, 5) is 17.1. The lowest BCUT2D eigenvalue weighted by atomic mass is 10.1. The Morgan fingerprint density at radius 2 is 2.12 bits per heavy atom. The van der Waals surface area contributed by atoms with Crippen molar-refractivity contribution in [1.82, 2.24) is 15.2 Å². The number of benzene rings is 1. The van der Waals surface area contributed by atoms with Gasteiger partial charge in [0.05, 0.1) is 13.2 Å². The van der Waals surface area contributed by atoms with E-state index in [0.717, 1.165) is 23.0 Å². The Bertz CT molecular complexity index is 770. The molecule has 0 bridgehead atoms. The molecular weight excluding hydrogens is 322 g/mol. The third kappa shape index (κ3) is 4.79. The van der Waals surface area contributed by atoms with Crippen LogP contribution in [0, 0.1) is 12.8 Å². The lowest BCUT2D eigenvalue weighted by Crippen LogP contribution is -2.42. The molecule has 0 unspecified atom stereocenters. The van der Waals surface area contributed by atoms with E-state index in [-0.39, 0.29) is 12.2 Å². The van der Waals surface area contributed by atoms with Crippen molar-refractivity contribution in [3.8, 4) is 0 Å². The van der Waals surface area contributed by atoms with Crippen molar-refractivity contribution in [2.75, 3.05) is 19.7 Å². The second kappa shape index (κ2) is 8.26. The Kier molecular flexibility index (Phi) is 6.34. The number of hydrogen-bond acceptors (Lipinski definition) is 3. The van der Waals surface area contributed by atoms with Crippen LogP contribution in [-0.2, 0) is 6.54 Å². The van der Waals surface area contributed by atoms with E-state index in [2.05, 4.69) is 24.1 Å². The summed E-state index contributed by atoms with van der Waals surface area (Å²) in [6.07, 6.45) is 0. The van der Waals surface area contributed by atoms with Gasteiger partial charge >= 0.3 is 0 Å². The summed E-state index contributed by atoms with van der Waals surface area (Å²) < 4.78 is 0.